The Morgan fingerprint density at radius 2 is 2.00 bits per heavy atom. The highest BCUT2D eigenvalue weighted by atomic mass is 35.5. The van der Waals surface area contributed by atoms with Gasteiger partial charge in [0, 0.05) is 23.7 Å². The molecule has 1 heterocycles. The van der Waals surface area contributed by atoms with Crippen LogP contribution in [0.25, 0.3) is 0 Å². The Bertz CT molecular complexity index is 718. The lowest BCUT2D eigenvalue weighted by molar-refractivity contribution is 0.0942. The van der Waals surface area contributed by atoms with E-state index in [9.17, 15) is 4.79 Å². The van der Waals surface area contributed by atoms with Crippen LogP contribution in [0.3, 0.4) is 0 Å². The van der Waals surface area contributed by atoms with Gasteiger partial charge in [-0.15, -0.1) is 0 Å². The third-order valence-electron chi connectivity index (χ3n) is 3.52. The Morgan fingerprint density at radius 1 is 1.17 bits per heavy atom. The van der Waals surface area contributed by atoms with E-state index < -0.39 is 0 Å². The van der Waals surface area contributed by atoms with Gasteiger partial charge in [0.15, 0.2) is 0 Å². The predicted octanol–water partition coefficient (Wildman–Crippen LogP) is 2.45. The summed E-state index contributed by atoms with van der Waals surface area (Å²) in [6.07, 6.45) is 0. The van der Waals surface area contributed by atoms with Crippen molar-refractivity contribution in [3.05, 3.63) is 70.7 Å². The molecule has 23 heavy (non-hydrogen) atoms. The molecule has 6 heteroatoms. The van der Waals surface area contributed by atoms with Crippen molar-refractivity contribution in [2.75, 3.05) is 13.1 Å². The molecule has 0 aliphatic carbocycles. The fourth-order valence-electron chi connectivity index (χ4n) is 2.37. The first-order chi connectivity index (χ1) is 11.2. The molecule has 1 aliphatic rings. The number of halogens is 1. The maximum atomic E-state index is 12.1. The van der Waals surface area contributed by atoms with Gasteiger partial charge in [-0.25, -0.2) is 4.99 Å². The van der Waals surface area contributed by atoms with E-state index in [1.54, 1.807) is 24.3 Å². The van der Waals surface area contributed by atoms with Gasteiger partial charge in [0.1, 0.15) is 0 Å². The molecule has 2 N–H and O–H groups in total. The molecule has 0 unspecified atom stereocenters. The standard InChI is InChI=1S/C17H17ClN4O/c18-15-8-4-7-14(11-15)16(23)20-21-17-19-9-10-22(17)12-13-5-2-1-3-6-13/h1-8,11H,9-10,12H2,(H,19,21)(H,20,23). The third-order valence-corrected chi connectivity index (χ3v) is 3.76. The quantitative estimate of drug-likeness (QED) is 0.851. The van der Waals surface area contributed by atoms with Crippen LogP contribution in [0.2, 0.25) is 5.02 Å². The van der Waals surface area contributed by atoms with Crippen molar-refractivity contribution in [2.45, 2.75) is 6.54 Å². The fourth-order valence-corrected chi connectivity index (χ4v) is 2.56. The summed E-state index contributed by atoms with van der Waals surface area (Å²) in [6.45, 7) is 2.28. The fraction of sp³-hybridized carbons (Fsp3) is 0.176. The van der Waals surface area contributed by atoms with Gasteiger partial charge in [-0.05, 0) is 23.8 Å². The van der Waals surface area contributed by atoms with Crippen molar-refractivity contribution in [1.82, 2.24) is 15.8 Å². The van der Waals surface area contributed by atoms with Crippen molar-refractivity contribution < 1.29 is 4.79 Å². The van der Waals surface area contributed by atoms with Crippen LogP contribution < -0.4 is 10.9 Å². The van der Waals surface area contributed by atoms with E-state index in [0.717, 1.165) is 13.1 Å². The molecular weight excluding hydrogens is 312 g/mol. The Morgan fingerprint density at radius 3 is 2.78 bits per heavy atom. The number of hydrazine groups is 1. The molecule has 1 aliphatic heterocycles. The number of guanidine groups is 1. The predicted molar refractivity (Wildman–Crippen MR) is 91.2 cm³/mol. The molecular formula is C17H17ClN4O. The zero-order valence-corrected chi connectivity index (χ0v) is 13.3. The van der Waals surface area contributed by atoms with Crippen LogP contribution in [0.5, 0.6) is 0 Å². The first-order valence-electron chi connectivity index (χ1n) is 7.37. The SMILES string of the molecule is O=C(NNC1=NCCN1Cc1ccccc1)c1cccc(Cl)c1. The molecule has 0 fully saturated rings. The number of carbonyl (C=O) groups is 1. The summed E-state index contributed by atoms with van der Waals surface area (Å²) >= 11 is 5.90. The smallest absolute Gasteiger partial charge is 0.269 e. The van der Waals surface area contributed by atoms with E-state index >= 15 is 0 Å². The molecule has 5 nitrogen and oxygen atoms in total. The van der Waals surface area contributed by atoms with Crippen molar-refractivity contribution in [3.8, 4) is 0 Å². The summed E-state index contributed by atoms with van der Waals surface area (Å²) in [5.41, 5.74) is 7.26. The normalized spacial score (nSPS) is 13.6. The Balaban J connectivity index is 1.58. The maximum absolute atomic E-state index is 12.1. The van der Waals surface area contributed by atoms with Gasteiger partial charge in [0.25, 0.3) is 5.91 Å². The largest absolute Gasteiger partial charge is 0.335 e. The van der Waals surface area contributed by atoms with Crippen LogP contribution in [0.15, 0.2) is 59.6 Å². The lowest BCUT2D eigenvalue weighted by atomic mass is 10.2. The highest BCUT2D eigenvalue weighted by Crippen LogP contribution is 2.11. The molecule has 3 rings (SSSR count). The molecule has 118 valence electrons. The zero-order valence-electron chi connectivity index (χ0n) is 12.5. The van der Waals surface area contributed by atoms with E-state index in [4.69, 9.17) is 11.6 Å². The minimum atomic E-state index is -0.248. The molecule has 0 aromatic heterocycles. The summed E-state index contributed by atoms with van der Waals surface area (Å²) in [4.78, 5) is 18.6. The number of rotatable bonds is 3. The number of aliphatic imine (C=N–C) groups is 1. The monoisotopic (exact) mass is 328 g/mol. The topological polar surface area (TPSA) is 56.7 Å². The van der Waals surface area contributed by atoms with Crippen LogP contribution >= 0.6 is 11.6 Å². The van der Waals surface area contributed by atoms with Gasteiger partial charge in [-0.2, -0.15) is 0 Å². The number of hydrogen-bond acceptors (Lipinski definition) is 4. The van der Waals surface area contributed by atoms with Gasteiger partial charge in [0.05, 0.1) is 6.54 Å². The molecule has 2 aromatic rings. The van der Waals surface area contributed by atoms with Crippen LogP contribution in [0.1, 0.15) is 15.9 Å². The first-order valence-corrected chi connectivity index (χ1v) is 7.75. The first kappa shape index (κ1) is 15.4. The summed E-state index contributed by atoms with van der Waals surface area (Å²) in [5.74, 6) is 0.422. The molecule has 0 atom stereocenters. The Hall–Kier alpha value is -2.53. The Kier molecular flexibility index (Phi) is 4.78. The van der Waals surface area contributed by atoms with Crippen LogP contribution in [-0.2, 0) is 6.54 Å². The number of nitrogens with one attached hydrogen (secondary N) is 2. The molecule has 0 bridgehead atoms. The highest BCUT2D eigenvalue weighted by molar-refractivity contribution is 6.30. The minimum Gasteiger partial charge on any atom is -0.335 e. The second kappa shape index (κ2) is 7.15. The van der Waals surface area contributed by atoms with Gasteiger partial charge in [-0.3, -0.25) is 15.6 Å². The average Bonchev–Trinajstić information content (AvgIpc) is 3.00. The van der Waals surface area contributed by atoms with Crippen LogP contribution in [0, 0.1) is 0 Å². The number of nitrogens with zero attached hydrogens (tertiary/aromatic N) is 2. The van der Waals surface area contributed by atoms with Gasteiger partial charge < -0.3 is 4.90 Å². The average molecular weight is 329 g/mol. The number of amides is 1. The van der Waals surface area contributed by atoms with Crippen LogP contribution in [-0.4, -0.2) is 29.9 Å². The minimum absolute atomic E-state index is 0.248. The summed E-state index contributed by atoms with van der Waals surface area (Å²) < 4.78 is 0. The molecule has 2 aromatic carbocycles. The number of benzene rings is 2. The highest BCUT2D eigenvalue weighted by Gasteiger charge is 2.17. The summed E-state index contributed by atoms with van der Waals surface area (Å²) in [7, 11) is 0. The number of hydrogen-bond donors (Lipinski definition) is 2. The van der Waals surface area contributed by atoms with E-state index in [0.29, 0.717) is 23.1 Å². The second-order valence-corrected chi connectivity index (χ2v) is 5.64. The van der Waals surface area contributed by atoms with E-state index in [2.05, 4.69) is 32.9 Å². The van der Waals surface area contributed by atoms with Crippen molar-refractivity contribution >= 4 is 23.5 Å². The van der Waals surface area contributed by atoms with E-state index in [1.807, 2.05) is 18.2 Å². The van der Waals surface area contributed by atoms with Gasteiger partial charge in [0.2, 0.25) is 5.96 Å². The van der Waals surface area contributed by atoms with Gasteiger partial charge in [-0.1, -0.05) is 48.0 Å². The molecule has 0 saturated heterocycles. The molecule has 1 amide bonds. The van der Waals surface area contributed by atoms with E-state index in [-0.39, 0.29) is 5.91 Å². The zero-order chi connectivity index (χ0) is 16.1. The molecule has 0 radical (unpaired) electrons. The van der Waals surface area contributed by atoms with Crippen molar-refractivity contribution in [3.63, 3.8) is 0 Å². The maximum Gasteiger partial charge on any atom is 0.269 e. The molecule has 0 saturated carbocycles. The summed E-state index contributed by atoms with van der Waals surface area (Å²) in [5, 5.41) is 0.529. The van der Waals surface area contributed by atoms with Gasteiger partial charge >= 0.3 is 0 Å². The van der Waals surface area contributed by atoms with Crippen molar-refractivity contribution in [1.29, 1.82) is 0 Å². The number of carbonyl (C=O) groups excluding carboxylic acids is 1. The second-order valence-electron chi connectivity index (χ2n) is 5.20. The molecule has 0 spiro atoms. The van der Waals surface area contributed by atoms with Crippen molar-refractivity contribution in [2.24, 2.45) is 4.99 Å². The van der Waals surface area contributed by atoms with E-state index in [1.165, 1.54) is 5.56 Å². The van der Waals surface area contributed by atoms with Crippen LogP contribution in [0.4, 0.5) is 0 Å². The summed E-state index contributed by atoms with van der Waals surface area (Å²) in [6, 6.07) is 17.0. The lowest BCUT2D eigenvalue weighted by Gasteiger charge is -2.21. The third kappa shape index (κ3) is 4.02. The lowest BCUT2D eigenvalue weighted by Crippen LogP contribution is -2.47. The Labute approximate surface area is 139 Å².